The zero-order chi connectivity index (χ0) is 40.7. The van der Waals surface area contributed by atoms with Gasteiger partial charge in [-0.05, 0) is 76.9 Å². The van der Waals surface area contributed by atoms with Crippen molar-refractivity contribution in [2.45, 2.75) is 76.5 Å². The third kappa shape index (κ3) is 7.61. The number of thiophene rings is 1. The lowest BCUT2D eigenvalue weighted by molar-refractivity contribution is 0.381. The molecule has 298 valence electrons. The van der Waals surface area contributed by atoms with Gasteiger partial charge in [0.2, 0.25) is 11.6 Å². The number of hydrogen-bond acceptors (Lipinski definition) is 3. The lowest BCUT2D eigenvalue weighted by atomic mass is 9.70. The first kappa shape index (κ1) is 41.4. The smallest absolute Gasteiger partial charge is 0.264 e. The van der Waals surface area contributed by atoms with Gasteiger partial charge in [0.15, 0.2) is 46.5 Å². The highest BCUT2D eigenvalue weighted by Crippen LogP contribution is 2.56. The van der Waals surface area contributed by atoms with Crippen LogP contribution in [-0.4, -0.2) is 18.7 Å². The monoisotopic (exact) mass is 828 g/mol. The van der Waals surface area contributed by atoms with Crippen LogP contribution in [-0.2, 0) is 15.5 Å². The Hall–Kier alpha value is -4.21. The molecule has 5 aromatic rings. The lowest BCUT2D eigenvalue weighted by Gasteiger charge is -2.33. The molecule has 1 heterocycles. The molecule has 1 N–H and O–H groups in total. The second-order valence-electron chi connectivity index (χ2n) is 13.9. The van der Waals surface area contributed by atoms with E-state index in [0.717, 1.165) is 36.2 Å². The summed E-state index contributed by atoms with van der Waals surface area (Å²) in [4.78, 5) is 0.189. The highest BCUT2D eigenvalue weighted by molar-refractivity contribution is 7.85. The third-order valence-corrected chi connectivity index (χ3v) is 12.4. The van der Waals surface area contributed by atoms with Crippen molar-refractivity contribution in [3.63, 3.8) is 0 Å². The van der Waals surface area contributed by atoms with Gasteiger partial charge in [0, 0.05) is 15.2 Å². The molecule has 0 saturated carbocycles. The van der Waals surface area contributed by atoms with Gasteiger partial charge in [0.05, 0.1) is 16.9 Å². The molecule has 0 spiro atoms. The van der Waals surface area contributed by atoms with E-state index in [1.165, 1.54) is 24.3 Å². The van der Waals surface area contributed by atoms with E-state index in [4.69, 9.17) is 0 Å². The summed E-state index contributed by atoms with van der Waals surface area (Å²) in [5.74, 6) is -21.3. The van der Waals surface area contributed by atoms with Gasteiger partial charge in [-0.2, -0.15) is 8.42 Å². The Bertz CT molecular complexity index is 2370. The average Bonchev–Trinajstić information content (AvgIpc) is 3.75. The molecule has 4 aromatic carbocycles. The zero-order valence-electron chi connectivity index (χ0n) is 29.8. The van der Waals surface area contributed by atoms with E-state index >= 15 is 8.78 Å². The van der Waals surface area contributed by atoms with Gasteiger partial charge >= 0.3 is 0 Å². The maximum atomic E-state index is 15.2. The van der Waals surface area contributed by atoms with Crippen LogP contribution in [0.5, 0.6) is 0 Å². The standard InChI is InChI=1S/C41H34F10O3S2/c1-2-3-4-7-16-41(17-8-5-6-9-18-56(52,53)54)25-19-21(27-14-15-28(55-27)30-33(44)37(48)40(51)38(49)34(30)45)10-12-23(25)24-13-11-22(20-26(24)41)29-31(42)35(46)39(50)36(47)32(29)43/h10-15,19-20H,2-9,16-18H2,1H3,(H,52,53,54). The van der Waals surface area contributed by atoms with Gasteiger partial charge in [-0.1, -0.05) is 76.1 Å². The Labute approximate surface area is 320 Å². The first-order valence-corrected chi connectivity index (χ1v) is 20.3. The summed E-state index contributed by atoms with van der Waals surface area (Å²) in [6, 6.07) is 12.2. The minimum absolute atomic E-state index is 0.188. The number of halogens is 10. The third-order valence-electron chi connectivity index (χ3n) is 10.4. The molecule has 1 aromatic heterocycles. The Morgan fingerprint density at radius 2 is 0.946 bits per heavy atom. The van der Waals surface area contributed by atoms with Crippen LogP contribution in [0.3, 0.4) is 0 Å². The second kappa shape index (κ2) is 16.3. The van der Waals surface area contributed by atoms with E-state index in [2.05, 4.69) is 0 Å². The number of unbranched alkanes of at least 4 members (excludes halogenated alkanes) is 6. The van der Waals surface area contributed by atoms with Crippen LogP contribution in [0.2, 0.25) is 0 Å². The summed E-state index contributed by atoms with van der Waals surface area (Å²) < 4.78 is 177. The Morgan fingerprint density at radius 3 is 1.46 bits per heavy atom. The molecule has 0 bridgehead atoms. The molecule has 0 saturated heterocycles. The fourth-order valence-corrected chi connectivity index (χ4v) is 9.30. The minimum atomic E-state index is -4.17. The molecule has 1 unspecified atom stereocenters. The number of fused-ring (bicyclic) bond motifs is 3. The minimum Gasteiger partial charge on any atom is -0.286 e. The van der Waals surface area contributed by atoms with E-state index in [1.807, 2.05) is 13.0 Å². The summed E-state index contributed by atoms with van der Waals surface area (Å²) >= 11 is 0.790. The molecule has 1 aliphatic rings. The van der Waals surface area contributed by atoms with E-state index in [9.17, 15) is 48.1 Å². The van der Waals surface area contributed by atoms with Gasteiger partial charge in [-0.25, -0.2) is 43.9 Å². The predicted octanol–water partition coefficient (Wildman–Crippen LogP) is 13.2. The first-order chi connectivity index (χ1) is 26.5. The molecule has 0 radical (unpaired) electrons. The molecular formula is C41H34F10O3S2. The topological polar surface area (TPSA) is 54.4 Å². The van der Waals surface area contributed by atoms with Crippen LogP contribution >= 0.6 is 11.3 Å². The summed E-state index contributed by atoms with van der Waals surface area (Å²) in [7, 11) is -4.17. The Kier molecular flexibility index (Phi) is 12.1. The van der Waals surface area contributed by atoms with Crippen molar-refractivity contribution in [1.82, 2.24) is 0 Å². The molecule has 3 nitrogen and oxygen atoms in total. The van der Waals surface area contributed by atoms with Gasteiger partial charge in [0.1, 0.15) is 0 Å². The molecule has 0 fully saturated rings. The molecule has 0 amide bonds. The van der Waals surface area contributed by atoms with Crippen LogP contribution in [0.4, 0.5) is 43.9 Å². The maximum absolute atomic E-state index is 15.2. The normalized spacial score (nSPS) is 15.1. The van der Waals surface area contributed by atoms with E-state index in [0.29, 0.717) is 65.7 Å². The fourth-order valence-electron chi connectivity index (χ4n) is 7.69. The fraction of sp³-hybridized carbons (Fsp3) is 0.317. The highest BCUT2D eigenvalue weighted by atomic mass is 32.2. The van der Waals surface area contributed by atoms with Crippen molar-refractivity contribution < 1.29 is 56.9 Å². The predicted molar refractivity (Wildman–Crippen MR) is 195 cm³/mol. The molecule has 6 rings (SSSR count). The van der Waals surface area contributed by atoms with Crippen molar-refractivity contribution in [1.29, 1.82) is 0 Å². The second-order valence-corrected chi connectivity index (χ2v) is 16.6. The van der Waals surface area contributed by atoms with Crippen LogP contribution in [0.1, 0.15) is 82.3 Å². The van der Waals surface area contributed by atoms with E-state index < -0.39 is 90.6 Å². The summed E-state index contributed by atoms with van der Waals surface area (Å²) in [6.45, 7) is 2.02. The SMILES string of the molecule is CCCCCCC1(CCCCCCS(=O)(=O)O)c2cc(-c3ccc(-c4c(F)c(F)c(F)c(F)c4F)s3)ccc2-c2ccc(-c3c(F)c(F)c(F)c(F)c3F)cc21. The molecular weight excluding hydrogens is 795 g/mol. The van der Waals surface area contributed by atoms with Crippen molar-refractivity contribution >= 4 is 21.5 Å². The van der Waals surface area contributed by atoms with Gasteiger partial charge in [-0.3, -0.25) is 4.55 Å². The van der Waals surface area contributed by atoms with Crippen molar-refractivity contribution in [3.05, 3.63) is 118 Å². The van der Waals surface area contributed by atoms with E-state index in [-0.39, 0.29) is 16.9 Å². The number of benzene rings is 4. The van der Waals surface area contributed by atoms with Crippen molar-refractivity contribution in [3.8, 4) is 43.1 Å². The summed E-state index contributed by atoms with van der Waals surface area (Å²) in [6.07, 6.45) is 5.75. The molecule has 0 aliphatic heterocycles. The zero-order valence-corrected chi connectivity index (χ0v) is 31.4. The van der Waals surface area contributed by atoms with Gasteiger partial charge in [0.25, 0.3) is 10.1 Å². The van der Waals surface area contributed by atoms with E-state index in [1.54, 1.807) is 18.2 Å². The van der Waals surface area contributed by atoms with Crippen LogP contribution in [0.25, 0.3) is 43.1 Å². The number of hydrogen-bond donors (Lipinski definition) is 1. The first-order valence-electron chi connectivity index (χ1n) is 17.9. The largest absolute Gasteiger partial charge is 0.286 e. The van der Waals surface area contributed by atoms with Gasteiger partial charge < -0.3 is 0 Å². The highest BCUT2D eigenvalue weighted by Gasteiger charge is 2.43. The Morgan fingerprint density at radius 1 is 0.518 bits per heavy atom. The van der Waals surface area contributed by atoms with Crippen LogP contribution in [0, 0.1) is 58.2 Å². The average molecular weight is 829 g/mol. The molecule has 56 heavy (non-hydrogen) atoms. The maximum Gasteiger partial charge on any atom is 0.264 e. The Balaban J connectivity index is 1.49. The molecule has 15 heteroatoms. The summed E-state index contributed by atoms with van der Waals surface area (Å²) in [5.41, 5.74) is -0.186. The molecule has 1 aliphatic carbocycles. The van der Waals surface area contributed by atoms with Gasteiger partial charge in [-0.15, -0.1) is 11.3 Å². The number of rotatable bonds is 15. The quantitative estimate of drug-likeness (QED) is 0.0376. The van der Waals surface area contributed by atoms with Crippen molar-refractivity contribution in [2.24, 2.45) is 0 Å². The lowest BCUT2D eigenvalue weighted by Crippen LogP contribution is -2.26. The molecule has 1 atom stereocenters. The van der Waals surface area contributed by atoms with Crippen LogP contribution < -0.4 is 0 Å². The van der Waals surface area contributed by atoms with Crippen molar-refractivity contribution in [2.75, 3.05) is 5.75 Å². The van der Waals surface area contributed by atoms with Crippen LogP contribution in [0.15, 0.2) is 48.5 Å². The summed E-state index contributed by atoms with van der Waals surface area (Å²) in [5, 5.41) is 0.